The van der Waals surface area contributed by atoms with Gasteiger partial charge in [0.1, 0.15) is 0 Å². The topological polar surface area (TPSA) is 24.1 Å². The molecule has 1 aliphatic heterocycles. The second-order valence-corrected chi connectivity index (χ2v) is 6.94. The van der Waals surface area contributed by atoms with E-state index in [1.807, 2.05) is 0 Å². The minimum absolute atomic E-state index is 1.12. The van der Waals surface area contributed by atoms with Crippen LogP contribution in [-0.4, -0.2) is 0 Å². The number of anilines is 4. The van der Waals surface area contributed by atoms with Crippen LogP contribution in [0.15, 0.2) is 84.9 Å². The van der Waals surface area contributed by atoms with Crippen LogP contribution in [0.2, 0.25) is 0 Å². The molecule has 0 saturated carbocycles. The number of rotatable bonds is 0. The van der Waals surface area contributed by atoms with Crippen LogP contribution in [-0.2, 0) is 0 Å². The summed E-state index contributed by atoms with van der Waals surface area (Å²) in [6.07, 6.45) is 0. The lowest BCUT2D eigenvalue weighted by Gasteiger charge is -2.24. The Labute approximate surface area is 151 Å². The Morgan fingerprint density at radius 3 is 1.04 bits per heavy atom. The van der Waals surface area contributed by atoms with Crippen molar-refractivity contribution < 1.29 is 0 Å². The molecule has 26 heavy (non-hydrogen) atoms. The maximum Gasteiger partial charge on any atom is 0.0630 e. The van der Waals surface area contributed by atoms with Crippen molar-refractivity contribution in [2.24, 2.45) is 0 Å². The van der Waals surface area contributed by atoms with Crippen LogP contribution in [0.4, 0.5) is 22.7 Å². The van der Waals surface area contributed by atoms with Gasteiger partial charge in [-0.1, -0.05) is 48.5 Å². The summed E-state index contributed by atoms with van der Waals surface area (Å²) in [5, 5.41) is 14.8. The van der Waals surface area contributed by atoms with Crippen molar-refractivity contribution in [3.05, 3.63) is 84.9 Å². The van der Waals surface area contributed by atoms with Gasteiger partial charge in [0.2, 0.25) is 0 Å². The second kappa shape index (κ2) is 4.99. The van der Waals surface area contributed by atoms with Crippen molar-refractivity contribution in [2.75, 3.05) is 10.6 Å². The fourth-order valence-corrected chi connectivity index (χ4v) is 3.94. The van der Waals surface area contributed by atoms with Crippen molar-refractivity contribution >= 4 is 55.1 Å². The number of hydrogen-bond acceptors (Lipinski definition) is 2. The van der Waals surface area contributed by atoms with Gasteiger partial charge in [-0.05, 0) is 68.7 Å². The van der Waals surface area contributed by atoms with E-state index in [1.54, 1.807) is 0 Å². The zero-order valence-electron chi connectivity index (χ0n) is 14.1. The maximum atomic E-state index is 3.61. The molecule has 122 valence electrons. The summed E-state index contributed by atoms with van der Waals surface area (Å²) in [5.74, 6) is 0. The van der Waals surface area contributed by atoms with E-state index < -0.39 is 0 Å². The molecule has 2 heteroatoms. The Bertz CT molecular complexity index is 1230. The maximum absolute atomic E-state index is 3.61. The monoisotopic (exact) mass is 332 g/mol. The Kier molecular flexibility index (Phi) is 2.64. The predicted molar refractivity (Wildman–Crippen MR) is 112 cm³/mol. The van der Waals surface area contributed by atoms with Gasteiger partial charge in [0.25, 0.3) is 0 Å². The minimum atomic E-state index is 1.12. The van der Waals surface area contributed by atoms with E-state index in [1.165, 1.54) is 32.3 Å². The van der Waals surface area contributed by atoms with Gasteiger partial charge in [-0.2, -0.15) is 0 Å². The molecule has 0 amide bonds. The average Bonchev–Trinajstić information content (AvgIpc) is 2.67. The standard InChI is InChI=1S/C24H16N2/c1-2-6-16-10-20-14-24-23(13-19(20)9-15(16)5-1)25-21-11-17-7-3-4-8-18(17)12-22(21)26-24/h1-14,25-26H. The first-order chi connectivity index (χ1) is 12.8. The van der Waals surface area contributed by atoms with Gasteiger partial charge in [0.05, 0.1) is 22.7 Å². The van der Waals surface area contributed by atoms with Gasteiger partial charge < -0.3 is 10.6 Å². The van der Waals surface area contributed by atoms with E-state index in [2.05, 4.69) is 95.6 Å². The van der Waals surface area contributed by atoms with Crippen molar-refractivity contribution in [3.8, 4) is 0 Å². The highest BCUT2D eigenvalue weighted by Gasteiger charge is 2.16. The van der Waals surface area contributed by atoms with Gasteiger partial charge in [-0.3, -0.25) is 0 Å². The summed E-state index contributed by atoms with van der Waals surface area (Å²) in [7, 11) is 0. The zero-order valence-corrected chi connectivity index (χ0v) is 14.1. The number of hydrogen-bond donors (Lipinski definition) is 2. The first kappa shape index (κ1) is 13.7. The van der Waals surface area contributed by atoms with Crippen molar-refractivity contribution in [1.82, 2.24) is 0 Å². The number of fused-ring (bicyclic) bond motifs is 5. The Balaban J connectivity index is 1.55. The minimum Gasteiger partial charge on any atom is -0.352 e. The first-order valence-electron chi connectivity index (χ1n) is 8.87. The highest BCUT2D eigenvalue weighted by Crippen LogP contribution is 2.42. The van der Waals surface area contributed by atoms with Gasteiger partial charge >= 0.3 is 0 Å². The van der Waals surface area contributed by atoms with E-state index in [9.17, 15) is 0 Å². The fraction of sp³-hybridized carbons (Fsp3) is 0. The zero-order chi connectivity index (χ0) is 17.1. The summed E-state index contributed by atoms with van der Waals surface area (Å²) in [4.78, 5) is 0. The second-order valence-electron chi connectivity index (χ2n) is 6.94. The Morgan fingerprint density at radius 1 is 0.346 bits per heavy atom. The molecule has 2 nitrogen and oxygen atoms in total. The molecule has 0 radical (unpaired) electrons. The smallest absolute Gasteiger partial charge is 0.0630 e. The molecular weight excluding hydrogens is 316 g/mol. The molecule has 2 N–H and O–H groups in total. The summed E-state index contributed by atoms with van der Waals surface area (Å²) >= 11 is 0. The van der Waals surface area contributed by atoms with Crippen LogP contribution < -0.4 is 10.6 Å². The van der Waals surface area contributed by atoms with Crippen LogP contribution in [0.5, 0.6) is 0 Å². The van der Waals surface area contributed by atoms with Crippen molar-refractivity contribution in [1.29, 1.82) is 0 Å². The van der Waals surface area contributed by atoms with Crippen molar-refractivity contribution in [2.45, 2.75) is 0 Å². The largest absolute Gasteiger partial charge is 0.352 e. The third kappa shape index (κ3) is 1.99. The van der Waals surface area contributed by atoms with E-state index in [0.717, 1.165) is 22.7 Å². The van der Waals surface area contributed by atoms with Gasteiger partial charge in [-0.25, -0.2) is 0 Å². The van der Waals surface area contributed by atoms with Crippen LogP contribution in [0.1, 0.15) is 0 Å². The molecule has 0 aromatic heterocycles. The quantitative estimate of drug-likeness (QED) is 0.294. The fourth-order valence-electron chi connectivity index (χ4n) is 3.94. The van der Waals surface area contributed by atoms with E-state index >= 15 is 0 Å². The van der Waals surface area contributed by atoms with Gasteiger partial charge in [-0.15, -0.1) is 0 Å². The van der Waals surface area contributed by atoms with Crippen LogP contribution in [0, 0.1) is 0 Å². The lowest BCUT2D eigenvalue weighted by molar-refractivity contribution is 1.48. The van der Waals surface area contributed by atoms with Crippen LogP contribution in [0.3, 0.4) is 0 Å². The molecule has 0 atom stereocenters. The molecule has 1 aliphatic rings. The van der Waals surface area contributed by atoms with Gasteiger partial charge in [0.15, 0.2) is 0 Å². The Morgan fingerprint density at radius 2 is 0.654 bits per heavy atom. The summed E-state index contributed by atoms with van der Waals surface area (Å²) in [6, 6.07) is 30.4. The molecule has 1 heterocycles. The lowest BCUT2D eigenvalue weighted by Crippen LogP contribution is -2.06. The van der Waals surface area contributed by atoms with E-state index in [4.69, 9.17) is 0 Å². The van der Waals surface area contributed by atoms with Gasteiger partial charge in [0, 0.05) is 0 Å². The highest BCUT2D eigenvalue weighted by molar-refractivity contribution is 6.06. The SMILES string of the molecule is c1ccc2cc3c(cc2c1)Nc1cc2cc4ccccc4cc2cc1N3. The van der Waals surface area contributed by atoms with Crippen LogP contribution >= 0.6 is 0 Å². The average molecular weight is 332 g/mol. The summed E-state index contributed by atoms with van der Waals surface area (Å²) in [6.45, 7) is 0. The molecule has 6 rings (SSSR count). The molecule has 5 aromatic carbocycles. The number of benzene rings is 5. The highest BCUT2D eigenvalue weighted by atomic mass is 15.0. The summed E-state index contributed by atoms with van der Waals surface area (Å²) in [5.41, 5.74) is 4.49. The molecule has 0 unspecified atom stereocenters. The molecule has 0 saturated heterocycles. The predicted octanol–water partition coefficient (Wildman–Crippen LogP) is 6.95. The first-order valence-corrected chi connectivity index (χ1v) is 8.87. The van der Waals surface area contributed by atoms with Crippen molar-refractivity contribution in [3.63, 3.8) is 0 Å². The normalized spacial score (nSPS) is 12.5. The summed E-state index contributed by atoms with van der Waals surface area (Å²) < 4.78 is 0. The van der Waals surface area contributed by atoms with E-state index in [-0.39, 0.29) is 0 Å². The molecule has 0 fully saturated rings. The molecule has 0 bridgehead atoms. The molecular formula is C24H16N2. The lowest BCUT2D eigenvalue weighted by atomic mass is 10.0. The number of nitrogens with one attached hydrogen (secondary N) is 2. The van der Waals surface area contributed by atoms with Crippen LogP contribution in [0.25, 0.3) is 32.3 Å². The van der Waals surface area contributed by atoms with E-state index in [0.29, 0.717) is 0 Å². The molecule has 0 aliphatic carbocycles. The molecule has 0 spiro atoms. The third-order valence-electron chi connectivity index (χ3n) is 5.27. The Hall–Kier alpha value is -3.52. The third-order valence-corrected chi connectivity index (χ3v) is 5.27. The molecule has 5 aromatic rings.